The molecule has 0 spiro atoms. The third kappa shape index (κ3) is 2.60. The smallest absolute Gasteiger partial charge is 0.169 e. The number of hydrogen-bond acceptors (Lipinski definition) is 3. The Labute approximate surface area is 54.8 Å². The van der Waals surface area contributed by atoms with Crippen molar-refractivity contribution in [1.82, 2.24) is 0 Å². The molecule has 1 unspecified atom stereocenters. The lowest BCUT2D eigenvalue weighted by molar-refractivity contribution is -0.0896. The van der Waals surface area contributed by atoms with E-state index in [1.807, 2.05) is 0 Å². The summed E-state index contributed by atoms with van der Waals surface area (Å²) in [6.07, 6.45) is 0.472. The predicted octanol–water partition coefficient (Wildman–Crippen LogP) is -0.409. The van der Waals surface area contributed by atoms with Crippen LogP contribution in [0.5, 0.6) is 0 Å². The molecule has 0 bridgehead atoms. The summed E-state index contributed by atoms with van der Waals surface area (Å²) in [6.45, 7) is 4.98. The quantitative estimate of drug-likeness (QED) is 0.360. The molecule has 9 heavy (non-hydrogen) atoms. The van der Waals surface area contributed by atoms with Gasteiger partial charge in [0.25, 0.3) is 0 Å². The molecule has 0 aromatic carbocycles. The first-order valence-corrected chi connectivity index (χ1v) is 2.76. The number of nitrogens with two attached hydrogens (primary N) is 1. The van der Waals surface area contributed by atoms with E-state index < -0.39 is 11.8 Å². The van der Waals surface area contributed by atoms with Crippen LogP contribution in [0.2, 0.25) is 0 Å². The zero-order valence-electron chi connectivity index (χ0n) is 5.54. The van der Waals surface area contributed by atoms with Crippen LogP contribution in [0, 0.1) is 0 Å². The van der Waals surface area contributed by atoms with Crippen molar-refractivity contribution in [3.05, 3.63) is 12.7 Å². The molecule has 3 nitrogen and oxygen atoms in total. The first-order valence-electron chi connectivity index (χ1n) is 2.76. The Morgan fingerprint density at radius 1 is 1.78 bits per heavy atom. The molecule has 0 saturated heterocycles. The van der Waals surface area contributed by atoms with Crippen molar-refractivity contribution in [2.45, 2.75) is 25.2 Å². The molecular formula is C6H13NO2. The maximum Gasteiger partial charge on any atom is 0.169 e. The molecule has 1 atom stereocenters. The standard InChI is InChI=1S/C6H13NO2/c1-3-4-6(2,7)5(8)9/h3,5,8-9H,1,4,7H2,2H3. The second kappa shape index (κ2) is 2.96. The summed E-state index contributed by atoms with van der Waals surface area (Å²) in [5.41, 5.74) is 4.44. The van der Waals surface area contributed by atoms with Crippen molar-refractivity contribution >= 4 is 0 Å². The van der Waals surface area contributed by atoms with Crippen LogP contribution < -0.4 is 5.73 Å². The van der Waals surface area contributed by atoms with E-state index in [-0.39, 0.29) is 0 Å². The van der Waals surface area contributed by atoms with Crippen molar-refractivity contribution in [2.24, 2.45) is 5.73 Å². The van der Waals surface area contributed by atoms with Crippen molar-refractivity contribution in [1.29, 1.82) is 0 Å². The van der Waals surface area contributed by atoms with Gasteiger partial charge in [-0.05, 0) is 13.3 Å². The molecule has 0 heterocycles. The zero-order chi connectivity index (χ0) is 7.49. The second-order valence-corrected chi connectivity index (χ2v) is 2.37. The van der Waals surface area contributed by atoms with E-state index in [9.17, 15) is 0 Å². The SMILES string of the molecule is C=CCC(C)(N)C(O)O. The van der Waals surface area contributed by atoms with Gasteiger partial charge < -0.3 is 15.9 Å². The van der Waals surface area contributed by atoms with E-state index >= 15 is 0 Å². The van der Waals surface area contributed by atoms with Gasteiger partial charge in [0.2, 0.25) is 0 Å². The van der Waals surface area contributed by atoms with E-state index in [0.717, 1.165) is 0 Å². The normalized spacial score (nSPS) is 17.4. The van der Waals surface area contributed by atoms with Crippen LogP contribution in [0.3, 0.4) is 0 Å². The van der Waals surface area contributed by atoms with Crippen LogP contribution in [0.25, 0.3) is 0 Å². The Bertz CT molecular complexity index is 99.2. The summed E-state index contributed by atoms with van der Waals surface area (Å²) >= 11 is 0. The molecule has 0 amide bonds. The summed E-state index contributed by atoms with van der Waals surface area (Å²) in [5, 5.41) is 17.2. The Balaban J connectivity index is 3.84. The second-order valence-electron chi connectivity index (χ2n) is 2.37. The topological polar surface area (TPSA) is 66.5 Å². The van der Waals surface area contributed by atoms with Gasteiger partial charge >= 0.3 is 0 Å². The molecule has 0 aliphatic carbocycles. The molecule has 4 N–H and O–H groups in total. The predicted molar refractivity (Wildman–Crippen MR) is 35.6 cm³/mol. The van der Waals surface area contributed by atoms with Crippen LogP contribution in [0.4, 0.5) is 0 Å². The Morgan fingerprint density at radius 2 is 2.22 bits per heavy atom. The number of rotatable bonds is 3. The molecule has 0 saturated carbocycles. The molecule has 0 radical (unpaired) electrons. The molecule has 3 heteroatoms. The fourth-order valence-electron chi connectivity index (χ4n) is 0.416. The van der Waals surface area contributed by atoms with E-state index in [2.05, 4.69) is 6.58 Å². The number of aliphatic hydroxyl groups is 2. The minimum absolute atomic E-state index is 0.394. The summed E-state index contributed by atoms with van der Waals surface area (Å²) < 4.78 is 0. The molecule has 0 aliphatic rings. The highest BCUT2D eigenvalue weighted by Crippen LogP contribution is 2.08. The third-order valence-electron chi connectivity index (χ3n) is 1.17. The van der Waals surface area contributed by atoms with Gasteiger partial charge in [-0.3, -0.25) is 0 Å². The monoisotopic (exact) mass is 131 g/mol. The molecule has 0 aromatic rings. The van der Waals surface area contributed by atoms with Gasteiger partial charge in [0, 0.05) is 0 Å². The maximum atomic E-state index is 8.59. The molecule has 0 rings (SSSR count). The first kappa shape index (κ1) is 8.62. The van der Waals surface area contributed by atoms with E-state index in [1.165, 1.54) is 0 Å². The largest absolute Gasteiger partial charge is 0.367 e. The van der Waals surface area contributed by atoms with Crippen molar-refractivity contribution < 1.29 is 10.2 Å². The van der Waals surface area contributed by atoms with Gasteiger partial charge in [0.1, 0.15) is 0 Å². The molecular weight excluding hydrogens is 118 g/mol. The third-order valence-corrected chi connectivity index (χ3v) is 1.17. The average molecular weight is 131 g/mol. The van der Waals surface area contributed by atoms with Crippen LogP contribution >= 0.6 is 0 Å². The highest BCUT2D eigenvalue weighted by atomic mass is 16.5. The average Bonchev–Trinajstić information content (AvgIpc) is 1.65. The summed E-state index contributed by atoms with van der Waals surface area (Å²) in [4.78, 5) is 0. The fraction of sp³-hybridized carbons (Fsp3) is 0.667. The van der Waals surface area contributed by atoms with Crippen LogP contribution in [-0.2, 0) is 0 Å². The van der Waals surface area contributed by atoms with Gasteiger partial charge in [-0.25, -0.2) is 0 Å². The summed E-state index contributed by atoms with van der Waals surface area (Å²) in [7, 11) is 0. The molecule has 0 aromatic heterocycles. The van der Waals surface area contributed by atoms with Crippen molar-refractivity contribution in [3.63, 3.8) is 0 Å². The van der Waals surface area contributed by atoms with Crippen LogP contribution in [0.15, 0.2) is 12.7 Å². The summed E-state index contributed by atoms with van der Waals surface area (Å²) in [6, 6.07) is 0. The lowest BCUT2D eigenvalue weighted by Crippen LogP contribution is -2.47. The van der Waals surface area contributed by atoms with E-state index in [0.29, 0.717) is 6.42 Å². The molecule has 54 valence electrons. The first-order chi connectivity index (χ1) is 4.00. The Kier molecular flexibility index (Phi) is 2.84. The lowest BCUT2D eigenvalue weighted by atomic mass is 9.99. The molecule has 0 aliphatic heterocycles. The van der Waals surface area contributed by atoms with Gasteiger partial charge in [-0.15, -0.1) is 6.58 Å². The van der Waals surface area contributed by atoms with Gasteiger partial charge in [0.05, 0.1) is 5.54 Å². The number of aliphatic hydroxyl groups excluding tert-OH is 1. The van der Waals surface area contributed by atoms with Gasteiger partial charge in [-0.2, -0.15) is 0 Å². The fourth-order valence-corrected chi connectivity index (χ4v) is 0.416. The van der Waals surface area contributed by atoms with Crippen molar-refractivity contribution in [3.8, 4) is 0 Å². The van der Waals surface area contributed by atoms with Crippen molar-refractivity contribution in [2.75, 3.05) is 0 Å². The highest BCUT2D eigenvalue weighted by Gasteiger charge is 2.24. The minimum Gasteiger partial charge on any atom is -0.367 e. The summed E-state index contributed by atoms with van der Waals surface area (Å²) in [5.74, 6) is 0. The van der Waals surface area contributed by atoms with Crippen LogP contribution in [0.1, 0.15) is 13.3 Å². The zero-order valence-corrected chi connectivity index (χ0v) is 5.54. The highest BCUT2D eigenvalue weighted by molar-refractivity contribution is 4.88. The van der Waals surface area contributed by atoms with E-state index in [4.69, 9.17) is 15.9 Å². The Morgan fingerprint density at radius 3 is 2.33 bits per heavy atom. The minimum atomic E-state index is -1.48. The lowest BCUT2D eigenvalue weighted by Gasteiger charge is -2.24. The maximum absolute atomic E-state index is 8.59. The van der Waals surface area contributed by atoms with E-state index in [1.54, 1.807) is 13.0 Å². The van der Waals surface area contributed by atoms with Crippen LogP contribution in [-0.4, -0.2) is 22.0 Å². The van der Waals surface area contributed by atoms with Gasteiger partial charge in [-0.1, -0.05) is 6.08 Å². The Hall–Kier alpha value is -0.380. The van der Waals surface area contributed by atoms with Gasteiger partial charge in [0.15, 0.2) is 6.29 Å². The number of hydrogen-bond donors (Lipinski definition) is 3. The molecule has 0 fully saturated rings.